The Morgan fingerprint density at radius 3 is 2.76 bits per heavy atom. The number of halogens is 1. The zero-order valence-electron chi connectivity index (χ0n) is 12.8. The number of aliphatic hydroxyl groups excluding tert-OH is 1. The van der Waals surface area contributed by atoms with Crippen LogP contribution in [0.25, 0.3) is 0 Å². The van der Waals surface area contributed by atoms with E-state index in [0.29, 0.717) is 10.2 Å². The van der Waals surface area contributed by atoms with Crippen LogP contribution in [0.2, 0.25) is 0 Å². The normalized spacial score (nSPS) is 30.9. The lowest BCUT2D eigenvalue weighted by Gasteiger charge is -2.48. The summed E-state index contributed by atoms with van der Waals surface area (Å²) in [5, 5.41) is 10.9. The number of fused-ring (bicyclic) bond motifs is 3. The van der Waals surface area contributed by atoms with E-state index in [1.807, 2.05) is 4.57 Å². The lowest BCUT2D eigenvalue weighted by molar-refractivity contribution is -0.0428. The number of likely N-dealkylation sites (tertiary alicyclic amines) is 1. The van der Waals surface area contributed by atoms with Crippen LogP contribution < -0.4 is 10.2 Å². The third-order valence-electron chi connectivity index (χ3n) is 5.09. The molecule has 6 heteroatoms. The molecule has 1 fully saturated rings. The van der Waals surface area contributed by atoms with Crippen LogP contribution >= 0.6 is 15.9 Å². The van der Waals surface area contributed by atoms with Crippen LogP contribution in [0.1, 0.15) is 38.1 Å². The van der Waals surface area contributed by atoms with Gasteiger partial charge in [0.25, 0.3) is 0 Å². The molecule has 0 radical (unpaired) electrons. The van der Waals surface area contributed by atoms with Gasteiger partial charge in [0.2, 0.25) is 5.43 Å². The SMILES string of the molecule is COc1c2n(cc(Br)c1=O)[C@@H]1CCN(C)C1C(C)(C)C2O. The van der Waals surface area contributed by atoms with E-state index < -0.39 is 6.10 Å². The lowest BCUT2D eigenvalue weighted by Crippen LogP contribution is -2.51. The monoisotopic (exact) mass is 356 g/mol. The van der Waals surface area contributed by atoms with Crippen LogP contribution in [0.4, 0.5) is 0 Å². The first kappa shape index (κ1) is 15.1. The molecule has 0 aliphatic carbocycles. The highest BCUT2D eigenvalue weighted by Gasteiger charge is 2.53. The number of aromatic nitrogens is 1. The first-order valence-corrected chi connectivity index (χ1v) is 7.96. The summed E-state index contributed by atoms with van der Waals surface area (Å²) < 4.78 is 7.84. The van der Waals surface area contributed by atoms with Crippen LogP contribution in [-0.2, 0) is 0 Å². The Kier molecular flexibility index (Phi) is 3.46. The number of rotatable bonds is 1. The van der Waals surface area contributed by atoms with Crippen molar-refractivity contribution in [3.8, 4) is 5.75 Å². The van der Waals surface area contributed by atoms with Crippen LogP contribution in [-0.4, -0.2) is 41.3 Å². The second-order valence-electron chi connectivity index (χ2n) is 6.64. The number of ether oxygens (including phenoxy) is 1. The number of hydrogen-bond acceptors (Lipinski definition) is 4. The van der Waals surface area contributed by atoms with Gasteiger partial charge in [0.05, 0.1) is 23.3 Å². The predicted octanol–water partition coefficient (Wildman–Crippen LogP) is 1.94. The third-order valence-corrected chi connectivity index (χ3v) is 5.66. The van der Waals surface area contributed by atoms with Gasteiger partial charge in [-0.25, -0.2) is 0 Å². The Labute approximate surface area is 132 Å². The summed E-state index contributed by atoms with van der Waals surface area (Å²) >= 11 is 3.32. The molecule has 0 bridgehead atoms. The average Bonchev–Trinajstić information content (AvgIpc) is 2.82. The Bertz CT molecular complexity index is 641. The van der Waals surface area contributed by atoms with Gasteiger partial charge in [-0.1, -0.05) is 13.8 Å². The molecular formula is C15H21BrN2O3. The first-order valence-electron chi connectivity index (χ1n) is 7.17. The summed E-state index contributed by atoms with van der Waals surface area (Å²) in [6.07, 6.45) is 2.06. The molecule has 3 heterocycles. The molecule has 1 aromatic heterocycles. The highest BCUT2D eigenvalue weighted by molar-refractivity contribution is 9.10. The van der Waals surface area contributed by atoms with Gasteiger partial charge in [0, 0.05) is 24.2 Å². The molecule has 3 rings (SSSR count). The molecular weight excluding hydrogens is 336 g/mol. The van der Waals surface area contributed by atoms with E-state index in [2.05, 4.69) is 41.7 Å². The maximum absolute atomic E-state index is 12.3. The molecule has 1 aromatic rings. The van der Waals surface area contributed by atoms with E-state index in [-0.39, 0.29) is 28.7 Å². The second-order valence-corrected chi connectivity index (χ2v) is 7.49. The van der Waals surface area contributed by atoms with E-state index in [9.17, 15) is 9.90 Å². The van der Waals surface area contributed by atoms with Crippen molar-refractivity contribution >= 4 is 15.9 Å². The number of likely N-dealkylation sites (N-methyl/N-ethyl adjacent to an activating group) is 1. The van der Waals surface area contributed by atoms with Gasteiger partial charge in [-0.3, -0.25) is 4.79 Å². The fourth-order valence-electron chi connectivity index (χ4n) is 4.13. The summed E-state index contributed by atoms with van der Waals surface area (Å²) in [7, 11) is 3.58. The molecule has 1 N–H and O–H groups in total. The number of methoxy groups -OCH3 is 1. The second kappa shape index (κ2) is 4.83. The largest absolute Gasteiger partial charge is 0.491 e. The van der Waals surface area contributed by atoms with Crippen molar-refractivity contribution in [3.63, 3.8) is 0 Å². The molecule has 0 saturated carbocycles. The number of pyridine rings is 1. The molecule has 3 atom stereocenters. The number of aliphatic hydroxyl groups is 1. The molecule has 0 spiro atoms. The van der Waals surface area contributed by atoms with Gasteiger partial charge in [0.1, 0.15) is 6.10 Å². The maximum Gasteiger partial charge on any atom is 0.237 e. The Morgan fingerprint density at radius 2 is 2.14 bits per heavy atom. The van der Waals surface area contributed by atoms with Gasteiger partial charge in [-0.2, -0.15) is 0 Å². The van der Waals surface area contributed by atoms with Crippen molar-refractivity contribution in [2.45, 2.75) is 38.5 Å². The fraction of sp³-hybridized carbons (Fsp3) is 0.667. The smallest absolute Gasteiger partial charge is 0.237 e. The van der Waals surface area contributed by atoms with Gasteiger partial charge < -0.3 is 19.3 Å². The zero-order chi connectivity index (χ0) is 15.5. The molecule has 2 aliphatic rings. The molecule has 0 amide bonds. The summed E-state index contributed by atoms with van der Waals surface area (Å²) in [6, 6.07) is 0.480. The quantitative estimate of drug-likeness (QED) is 0.835. The average molecular weight is 357 g/mol. The summed E-state index contributed by atoms with van der Waals surface area (Å²) in [6.45, 7) is 5.11. The van der Waals surface area contributed by atoms with E-state index in [1.165, 1.54) is 7.11 Å². The maximum atomic E-state index is 12.3. The number of nitrogens with zero attached hydrogens (tertiary/aromatic N) is 2. The van der Waals surface area contributed by atoms with Crippen molar-refractivity contribution in [1.29, 1.82) is 0 Å². The van der Waals surface area contributed by atoms with Crippen LogP contribution in [0.5, 0.6) is 5.75 Å². The minimum Gasteiger partial charge on any atom is -0.491 e. The first-order chi connectivity index (χ1) is 9.80. The van der Waals surface area contributed by atoms with Crippen LogP contribution in [0, 0.1) is 5.41 Å². The predicted molar refractivity (Wildman–Crippen MR) is 83.8 cm³/mol. The fourth-order valence-corrected chi connectivity index (χ4v) is 4.53. The molecule has 5 nitrogen and oxygen atoms in total. The van der Waals surface area contributed by atoms with Crippen LogP contribution in [0.15, 0.2) is 15.5 Å². The molecule has 21 heavy (non-hydrogen) atoms. The molecule has 2 unspecified atom stereocenters. The Balaban J connectivity index is 2.31. The van der Waals surface area contributed by atoms with Crippen molar-refractivity contribution in [2.24, 2.45) is 5.41 Å². The number of hydrogen-bond donors (Lipinski definition) is 1. The van der Waals surface area contributed by atoms with Crippen molar-refractivity contribution in [3.05, 3.63) is 26.6 Å². The van der Waals surface area contributed by atoms with E-state index in [1.54, 1.807) is 6.20 Å². The minimum absolute atomic E-state index is 0.205. The van der Waals surface area contributed by atoms with Crippen molar-refractivity contribution < 1.29 is 9.84 Å². The molecule has 1 saturated heterocycles. The minimum atomic E-state index is -0.741. The van der Waals surface area contributed by atoms with Crippen molar-refractivity contribution in [1.82, 2.24) is 9.47 Å². The van der Waals surface area contributed by atoms with E-state index in [0.717, 1.165) is 13.0 Å². The molecule has 116 valence electrons. The highest BCUT2D eigenvalue weighted by Crippen LogP contribution is 2.52. The summed E-state index contributed by atoms with van der Waals surface area (Å²) in [4.78, 5) is 14.6. The molecule has 0 aromatic carbocycles. The van der Waals surface area contributed by atoms with Gasteiger partial charge in [-0.05, 0) is 29.4 Å². The standard InChI is InChI=1S/C15H21BrN2O3/c1-15(2)13-9(5-6-17(13)3)18-7-8(16)11(19)12(21-4)10(18)14(15)20/h7,9,13-14,20H,5-6H2,1-4H3/t9-,13?,14?/m1/s1. The topological polar surface area (TPSA) is 54.7 Å². The van der Waals surface area contributed by atoms with E-state index >= 15 is 0 Å². The van der Waals surface area contributed by atoms with E-state index in [4.69, 9.17) is 4.74 Å². The van der Waals surface area contributed by atoms with Gasteiger partial charge >= 0.3 is 0 Å². The van der Waals surface area contributed by atoms with Gasteiger partial charge in [-0.15, -0.1) is 0 Å². The third kappa shape index (κ3) is 1.92. The Hall–Kier alpha value is -0.850. The lowest BCUT2D eigenvalue weighted by atomic mass is 9.71. The molecule has 2 aliphatic heterocycles. The summed E-state index contributed by atoms with van der Waals surface area (Å²) in [5.41, 5.74) is 0.0550. The van der Waals surface area contributed by atoms with Crippen molar-refractivity contribution in [2.75, 3.05) is 20.7 Å². The highest BCUT2D eigenvalue weighted by atomic mass is 79.9. The van der Waals surface area contributed by atoms with Crippen LogP contribution in [0.3, 0.4) is 0 Å². The summed E-state index contributed by atoms with van der Waals surface area (Å²) in [5.74, 6) is 0.248. The zero-order valence-corrected chi connectivity index (χ0v) is 14.3. The van der Waals surface area contributed by atoms with Gasteiger partial charge in [0.15, 0.2) is 5.75 Å². The Morgan fingerprint density at radius 1 is 1.48 bits per heavy atom.